The van der Waals surface area contributed by atoms with Crippen molar-refractivity contribution >= 4 is 23.9 Å². The van der Waals surface area contributed by atoms with Crippen molar-refractivity contribution in [2.45, 2.75) is 206 Å². The van der Waals surface area contributed by atoms with E-state index < -0.39 is 0 Å². The Morgan fingerprint density at radius 3 is 1.21 bits per heavy atom. The quantitative estimate of drug-likeness (QED) is 0.0830. The van der Waals surface area contributed by atoms with Gasteiger partial charge in [-0.1, -0.05) is 139 Å². The lowest BCUT2D eigenvalue weighted by Gasteiger charge is -2.12. The van der Waals surface area contributed by atoms with Gasteiger partial charge in [0, 0.05) is 60.7 Å². The van der Waals surface area contributed by atoms with Gasteiger partial charge in [-0.15, -0.1) is 0 Å². The molecule has 0 atom stereocenters. The summed E-state index contributed by atoms with van der Waals surface area (Å²) in [6.07, 6.45) is 20.4. The third-order valence-electron chi connectivity index (χ3n) is 6.68. The van der Waals surface area contributed by atoms with E-state index in [-0.39, 0.29) is 23.9 Å². The molecule has 0 unspecified atom stereocenters. The van der Waals surface area contributed by atoms with Gasteiger partial charge in [0.15, 0.2) is 0 Å². The van der Waals surface area contributed by atoms with Gasteiger partial charge in [0.05, 0.1) is 13.2 Å². The molecule has 0 bridgehead atoms. The van der Waals surface area contributed by atoms with Crippen LogP contribution in [0.25, 0.3) is 0 Å². The molecule has 0 aliphatic carbocycles. The first-order valence-electron chi connectivity index (χ1n) is 21.4. The van der Waals surface area contributed by atoms with Crippen LogP contribution in [0.4, 0.5) is 4.79 Å². The lowest BCUT2D eigenvalue weighted by atomic mass is 10.2. The standard InChI is InChI=1S/C7H15NO2.C7H15NO.C6H13NO.C6H12O2.C6H14O.C6H14.C5H12/c1-3-5-6-8-7(9)10-4-2;1-4-5-6-8(3)7(2)9;1-3-4-5-7-6(2)8;1-3-4-5-8-6(2)7;1-3-5-6-7-4-2;1-3-5-6-4-2;1-3-5-4-2/h3-6H2,1-2H3,(H,8,9);4-6H2,1-3H3;3-5H2,1-2H3,(H,7,8);3-5H2,1-2H3;3-6H2,1-2H3;3-6H2,1-2H3;3-5H2,1-2H3. The predicted molar refractivity (Wildman–Crippen MR) is 230 cm³/mol. The number of ether oxygens (including phenoxy) is 3. The molecule has 0 radical (unpaired) electrons. The van der Waals surface area contributed by atoms with Crippen molar-refractivity contribution in [3.63, 3.8) is 0 Å². The Morgan fingerprint density at radius 2 is 0.887 bits per heavy atom. The van der Waals surface area contributed by atoms with Crippen molar-refractivity contribution in [1.82, 2.24) is 15.5 Å². The lowest BCUT2D eigenvalue weighted by Crippen LogP contribution is -2.24. The maximum atomic E-state index is 10.6. The van der Waals surface area contributed by atoms with E-state index in [1.165, 1.54) is 71.6 Å². The smallest absolute Gasteiger partial charge is 0.407 e. The van der Waals surface area contributed by atoms with E-state index in [0.29, 0.717) is 13.2 Å². The summed E-state index contributed by atoms with van der Waals surface area (Å²) in [5, 5.41) is 5.33. The normalized spacial score (nSPS) is 8.96. The number of hydrogen-bond acceptors (Lipinski definition) is 7. The van der Waals surface area contributed by atoms with Gasteiger partial charge in [0.2, 0.25) is 11.8 Å². The highest BCUT2D eigenvalue weighted by atomic mass is 16.5. The van der Waals surface area contributed by atoms with Crippen molar-refractivity contribution in [3.05, 3.63) is 0 Å². The van der Waals surface area contributed by atoms with Gasteiger partial charge in [-0.25, -0.2) is 4.79 Å². The molecule has 0 rings (SSSR count). The number of nitrogens with zero attached hydrogens (tertiary/aromatic N) is 1. The first kappa shape index (κ1) is 65.5. The van der Waals surface area contributed by atoms with Crippen LogP contribution in [0.3, 0.4) is 0 Å². The SMILES string of the molecule is CCCCC.CCCCCC.CCCCN(C)C(C)=O.CCCCNC(=O)OCC.CCCCNC(C)=O.CCCCOC(C)=O.CCCCOCC. The molecule has 0 aliphatic heterocycles. The molecule has 0 aromatic rings. The van der Waals surface area contributed by atoms with Crippen LogP contribution < -0.4 is 10.6 Å². The summed E-state index contributed by atoms with van der Waals surface area (Å²) in [4.78, 5) is 43.2. The molecular formula is C43H95N3O7. The van der Waals surface area contributed by atoms with Gasteiger partial charge < -0.3 is 29.7 Å². The molecule has 10 nitrogen and oxygen atoms in total. The van der Waals surface area contributed by atoms with Gasteiger partial charge in [0.1, 0.15) is 0 Å². The second-order valence-electron chi connectivity index (χ2n) is 12.4. The summed E-state index contributed by atoms with van der Waals surface area (Å²) < 4.78 is 14.4. The number of esters is 1. The fourth-order valence-electron chi connectivity index (χ4n) is 3.15. The molecule has 0 fully saturated rings. The van der Waals surface area contributed by atoms with E-state index in [2.05, 4.69) is 82.4 Å². The fraction of sp³-hybridized carbons (Fsp3) is 0.907. The Kier molecular flexibility index (Phi) is 83.7. The number of unbranched alkanes of at least 4 members (excludes halogenated alkanes) is 10. The number of rotatable bonds is 22. The third kappa shape index (κ3) is 106. The van der Waals surface area contributed by atoms with Crippen LogP contribution in [0.1, 0.15) is 206 Å². The van der Waals surface area contributed by atoms with Crippen molar-refractivity contribution in [2.24, 2.45) is 0 Å². The number of alkyl carbamates (subject to hydrolysis) is 1. The number of nitrogens with one attached hydrogen (secondary N) is 2. The van der Waals surface area contributed by atoms with E-state index in [9.17, 15) is 19.2 Å². The van der Waals surface area contributed by atoms with Crippen LogP contribution in [-0.2, 0) is 28.6 Å². The van der Waals surface area contributed by atoms with Gasteiger partial charge in [-0.3, -0.25) is 14.4 Å². The summed E-state index contributed by atoms with van der Waals surface area (Å²) in [5.74, 6) is 0.0420. The van der Waals surface area contributed by atoms with Crippen LogP contribution in [0, 0.1) is 0 Å². The monoisotopic (exact) mass is 766 g/mol. The minimum atomic E-state index is -0.309. The second kappa shape index (κ2) is 67.7. The fourth-order valence-corrected chi connectivity index (χ4v) is 3.15. The molecule has 0 saturated heterocycles. The molecule has 0 aromatic heterocycles. The van der Waals surface area contributed by atoms with Crippen LogP contribution in [-0.4, -0.2) is 81.9 Å². The molecule has 53 heavy (non-hydrogen) atoms. The van der Waals surface area contributed by atoms with E-state index in [1.54, 1.807) is 18.7 Å². The zero-order valence-electron chi connectivity index (χ0n) is 38.3. The molecule has 0 spiro atoms. The van der Waals surface area contributed by atoms with Crippen molar-refractivity contribution in [2.75, 3.05) is 53.1 Å². The summed E-state index contributed by atoms with van der Waals surface area (Å²) in [6, 6.07) is 0. The maximum absolute atomic E-state index is 10.6. The Bertz CT molecular complexity index is 650. The number of carbonyl (C=O) groups is 4. The van der Waals surface area contributed by atoms with Crippen LogP contribution in [0.15, 0.2) is 0 Å². The minimum absolute atomic E-state index is 0.0680. The Labute approximate surface area is 331 Å². The highest BCUT2D eigenvalue weighted by Gasteiger charge is 1.98. The zero-order chi connectivity index (χ0) is 42.4. The van der Waals surface area contributed by atoms with E-state index in [4.69, 9.17) is 4.74 Å². The molecular weight excluding hydrogens is 670 g/mol. The zero-order valence-corrected chi connectivity index (χ0v) is 38.3. The van der Waals surface area contributed by atoms with Crippen molar-refractivity contribution in [1.29, 1.82) is 0 Å². The second-order valence-corrected chi connectivity index (χ2v) is 12.4. The number of carbonyl (C=O) groups excluding carboxylic acids is 4. The topological polar surface area (TPSA) is 123 Å². The Hall–Kier alpha value is -2.36. The lowest BCUT2D eigenvalue weighted by molar-refractivity contribution is -0.141. The summed E-state index contributed by atoms with van der Waals surface area (Å²) in [6.45, 7) is 33.0. The molecule has 2 N–H and O–H groups in total. The minimum Gasteiger partial charge on any atom is -0.466 e. The average molecular weight is 766 g/mol. The van der Waals surface area contributed by atoms with E-state index >= 15 is 0 Å². The Morgan fingerprint density at radius 1 is 0.472 bits per heavy atom. The molecule has 0 aliphatic rings. The number of hydrogen-bond donors (Lipinski definition) is 2. The van der Waals surface area contributed by atoms with Crippen LogP contribution in [0.2, 0.25) is 0 Å². The largest absolute Gasteiger partial charge is 0.466 e. The summed E-state index contributed by atoms with van der Waals surface area (Å²) >= 11 is 0. The highest BCUT2D eigenvalue weighted by Crippen LogP contribution is 1.95. The molecule has 324 valence electrons. The predicted octanol–water partition coefficient (Wildman–Crippen LogP) is 11.7. The van der Waals surface area contributed by atoms with Gasteiger partial charge in [-0.2, -0.15) is 0 Å². The third-order valence-corrected chi connectivity index (χ3v) is 6.68. The van der Waals surface area contributed by atoms with Gasteiger partial charge in [0.25, 0.3) is 0 Å². The first-order valence-corrected chi connectivity index (χ1v) is 21.4. The average Bonchev–Trinajstić information content (AvgIpc) is 3.12. The first-order chi connectivity index (χ1) is 25.3. The van der Waals surface area contributed by atoms with E-state index in [0.717, 1.165) is 84.2 Å². The highest BCUT2D eigenvalue weighted by molar-refractivity contribution is 5.73. The van der Waals surface area contributed by atoms with E-state index in [1.807, 2.05) is 14.0 Å². The maximum Gasteiger partial charge on any atom is 0.407 e. The molecule has 3 amide bonds. The molecule has 0 saturated carbocycles. The van der Waals surface area contributed by atoms with Crippen LogP contribution in [0.5, 0.6) is 0 Å². The summed E-state index contributed by atoms with van der Waals surface area (Å²) in [5.41, 5.74) is 0. The van der Waals surface area contributed by atoms with Crippen molar-refractivity contribution < 1.29 is 33.4 Å². The Balaban J connectivity index is -0.0000000941. The molecule has 0 aromatic carbocycles. The van der Waals surface area contributed by atoms with Crippen LogP contribution >= 0.6 is 0 Å². The van der Waals surface area contributed by atoms with Gasteiger partial charge >= 0.3 is 12.1 Å². The van der Waals surface area contributed by atoms with Crippen molar-refractivity contribution in [3.8, 4) is 0 Å². The molecule has 10 heteroatoms. The van der Waals surface area contributed by atoms with Gasteiger partial charge in [-0.05, 0) is 46.0 Å². The number of amides is 3. The molecule has 0 heterocycles. The summed E-state index contributed by atoms with van der Waals surface area (Å²) in [7, 11) is 1.83.